The Morgan fingerprint density at radius 3 is 2.59 bits per heavy atom. The van der Waals surface area contributed by atoms with Gasteiger partial charge in [0.05, 0.1) is 38.3 Å². The maximum atomic E-state index is 12.5. The second kappa shape index (κ2) is 7.46. The molecule has 3 aromatic heterocycles. The summed E-state index contributed by atoms with van der Waals surface area (Å²) in [5.41, 5.74) is 2.53. The number of nitrogens with zero attached hydrogens (tertiary/aromatic N) is 7. The van der Waals surface area contributed by atoms with Gasteiger partial charge in [-0.05, 0) is 12.8 Å². The zero-order chi connectivity index (χ0) is 20.0. The van der Waals surface area contributed by atoms with Crippen LogP contribution in [0.4, 0.5) is 5.95 Å². The average molecular weight is 430 g/mol. The summed E-state index contributed by atoms with van der Waals surface area (Å²) in [7, 11) is 0.813. The summed E-state index contributed by atoms with van der Waals surface area (Å²) < 4.78 is 14.3. The minimum absolute atomic E-state index is 0.309. The lowest BCUT2D eigenvalue weighted by Gasteiger charge is -2.31. The molecule has 10 heteroatoms. The number of aromatic nitrogens is 6. The number of anilines is 1. The highest BCUT2D eigenvalue weighted by Crippen LogP contribution is 2.34. The molecule has 3 aromatic rings. The molecular weight excluding hydrogens is 410 g/mol. The van der Waals surface area contributed by atoms with Gasteiger partial charge in [-0.3, -0.25) is 8.89 Å². The van der Waals surface area contributed by atoms with E-state index in [1.54, 1.807) is 23.3 Å². The lowest BCUT2D eigenvalue weighted by atomic mass is 9.96. The number of hydrogen-bond acceptors (Lipinski definition) is 7. The molecule has 1 atom stereocenters. The topological polar surface area (TPSA) is 89.7 Å². The minimum Gasteiger partial charge on any atom is -0.341 e. The first-order valence-electron chi connectivity index (χ1n) is 9.59. The fourth-order valence-corrected chi connectivity index (χ4v) is 5.41. The average Bonchev–Trinajstić information content (AvgIpc) is 3.34. The molecule has 150 valence electrons. The van der Waals surface area contributed by atoms with Crippen molar-refractivity contribution in [2.24, 2.45) is 7.05 Å². The van der Waals surface area contributed by atoms with E-state index in [4.69, 9.17) is 21.6 Å². The molecule has 1 fully saturated rings. The van der Waals surface area contributed by atoms with Crippen molar-refractivity contribution in [2.45, 2.75) is 30.1 Å². The van der Waals surface area contributed by atoms with E-state index in [9.17, 15) is 4.21 Å². The molecule has 1 saturated heterocycles. The van der Waals surface area contributed by atoms with Crippen molar-refractivity contribution < 1.29 is 4.21 Å². The molecule has 5 heterocycles. The number of hydrogen-bond donors (Lipinski definition) is 0. The van der Waals surface area contributed by atoms with E-state index in [1.807, 2.05) is 13.2 Å². The molecule has 0 aromatic carbocycles. The zero-order valence-corrected chi connectivity index (χ0v) is 17.5. The van der Waals surface area contributed by atoms with E-state index < -0.39 is 10.8 Å². The zero-order valence-electron chi connectivity index (χ0n) is 16.0. The fourth-order valence-electron chi connectivity index (χ4n) is 3.94. The molecule has 2 aliphatic heterocycles. The van der Waals surface area contributed by atoms with Gasteiger partial charge in [0.25, 0.3) is 0 Å². The Morgan fingerprint density at radius 1 is 1.14 bits per heavy atom. The lowest BCUT2D eigenvalue weighted by molar-refractivity contribution is 0.480. The Morgan fingerprint density at radius 2 is 1.90 bits per heavy atom. The first-order chi connectivity index (χ1) is 14.1. The van der Waals surface area contributed by atoms with Crippen LogP contribution >= 0.6 is 11.6 Å². The van der Waals surface area contributed by atoms with Gasteiger partial charge in [-0.25, -0.2) is 19.9 Å². The number of fused-ring (bicyclic) bond motifs is 1. The van der Waals surface area contributed by atoms with Crippen LogP contribution in [0, 0.1) is 0 Å². The van der Waals surface area contributed by atoms with Gasteiger partial charge >= 0.3 is 0 Å². The molecule has 0 saturated carbocycles. The van der Waals surface area contributed by atoms with E-state index in [1.165, 1.54) is 0 Å². The summed E-state index contributed by atoms with van der Waals surface area (Å²) >= 11 is 5.90. The summed E-state index contributed by atoms with van der Waals surface area (Å²) in [6, 6.07) is 0. The van der Waals surface area contributed by atoms with Crippen LogP contribution in [0.15, 0.2) is 29.7 Å². The number of rotatable bonds is 3. The molecule has 2 aliphatic rings. The van der Waals surface area contributed by atoms with Gasteiger partial charge in [0, 0.05) is 62.4 Å². The summed E-state index contributed by atoms with van der Waals surface area (Å²) in [6.07, 6.45) is 9.56. The second-order valence-corrected chi connectivity index (χ2v) is 9.32. The molecule has 0 N–H and O–H groups in total. The quantitative estimate of drug-likeness (QED) is 0.631. The predicted molar refractivity (Wildman–Crippen MR) is 110 cm³/mol. The molecule has 8 nitrogen and oxygen atoms in total. The molecule has 0 amide bonds. The van der Waals surface area contributed by atoms with Crippen molar-refractivity contribution in [1.29, 1.82) is 0 Å². The summed E-state index contributed by atoms with van der Waals surface area (Å²) in [6.45, 7) is 1.65. The highest BCUT2D eigenvalue weighted by atomic mass is 35.5. The fraction of sp³-hybridized carbons (Fsp3) is 0.421. The summed E-state index contributed by atoms with van der Waals surface area (Å²) in [4.78, 5) is 21.3. The smallest absolute Gasteiger partial charge is 0.226 e. The molecule has 0 bridgehead atoms. The molecule has 0 aliphatic carbocycles. The van der Waals surface area contributed by atoms with Crippen LogP contribution in [0.3, 0.4) is 0 Å². The highest BCUT2D eigenvalue weighted by molar-refractivity contribution is 7.85. The summed E-state index contributed by atoms with van der Waals surface area (Å²) in [5.74, 6) is 2.46. The van der Waals surface area contributed by atoms with Crippen molar-refractivity contribution in [2.75, 3.05) is 23.7 Å². The van der Waals surface area contributed by atoms with Crippen LogP contribution in [0.1, 0.15) is 30.3 Å². The third-order valence-corrected chi connectivity index (χ3v) is 7.09. The second-order valence-electron chi connectivity index (χ2n) is 7.37. The van der Waals surface area contributed by atoms with Gasteiger partial charge in [0.15, 0.2) is 0 Å². The first kappa shape index (κ1) is 18.6. The van der Waals surface area contributed by atoms with Gasteiger partial charge in [0.1, 0.15) is 5.82 Å². The molecule has 0 spiro atoms. The minimum atomic E-state index is -1.05. The number of piperidine rings is 1. The Balaban J connectivity index is 1.42. The van der Waals surface area contributed by atoms with Crippen LogP contribution in [-0.4, -0.2) is 52.8 Å². The normalized spacial score (nSPS) is 19.5. The maximum absolute atomic E-state index is 12.5. The van der Waals surface area contributed by atoms with Crippen molar-refractivity contribution in [1.82, 2.24) is 29.7 Å². The Labute approximate surface area is 175 Å². The monoisotopic (exact) mass is 429 g/mol. The maximum Gasteiger partial charge on any atom is 0.226 e. The van der Waals surface area contributed by atoms with Gasteiger partial charge in [-0.2, -0.15) is 5.10 Å². The van der Waals surface area contributed by atoms with Gasteiger partial charge < -0.3 is 4.90 Å². The van der Waals surface area contributed by atoms with E-state index in [0.29, 0.717) is 22.6 Å². The van der Waals surface area contributed by atoms with Crippen molar-refractivity contribution in [3.8, 4) is 11.3 Å². The van der Waals surface area contributed by atoms with Crippen LogP contribution in [0.5, 0.6) is 0 Å². The van der Waals surface area contributed by atoms with E-state index in [2.05, 4.69) is 20.0 Å². The van der Waals surface area contributed by atoms with Gasteiger partial charge in [0.2, 0.25) is 5.95 Å². The molecule has 29 heavy (non-hydrogen) atoms. The van der Waals surface area contributed by atoms with E-state index in [0.717, 1.165) is 60.0 Å². The highest BCUT2D eigenvalue weighted by Gasteiger charge is 2.30. The standard InChI is InChI=1S/C19H20ClN7OS/c1-26-11-13(8-23-26)16-17-15(4-7-29(17)28)24-19(25-16)27-5-2-12(3-6-27)18-21-9-14(20)10-22-18/h8-12H,2-7H2,1H3/t29-/m1/s1. The van der Waals surface area contributed by atoms with Crippen LogP contribution < -0.4 is 4.90 Å². The number of aryl methyl sites for hydroxylation is 2. The van der Waals surface area contributed by atoms with E-state index >= 15 is 0 Å². The van der Waals surface area contributed by atoms with Gasteiger partial charge in [-0.15, -0.1) is 0 Å². The number of halogens is 1. The molecule has 5 rings (SSSR count). The van der Waals surface area contributed by atoms with Crippen LogP contribution in [0.2, 0.25) is 5.02 Å². The molecular formula is C19H20ClN7OS. The molecule has 0 radical (unpaired) electrons. The Hall–Kier alpha value is -2.39. The van der Waals surface area contributed by atoms with Crippen LogP contribution in [0.25, 0.3) is 11.3 Å². The lowest BCUT2D eigenvalue weighted by Crippen LogP contribution is -2.35. The van der Waals surface area contributed by atoms with E-state index in [-0.39, 0.29) is 0 Å². The van der Waals surface area contributed by atoms with Gasteiger partial charge in [-0.1, -0.05) is 11.6 Å². The van der Waals surface area contributed by atoms with Crippen molar-refractivity contribution >= 4 is 28.3 Å². The molecule has 0 unspecified atom stereocenters. The third kappa shape index (κ3) is 3.53. The SMILES string of the molecule is Cn1cc(-c2nc(N3CCC(c4ncc(Cl)cn4)CC3)nc3c2[S@](=O)CC3)cn1. The first-order valence-corrected chi connectivity index (χ1v) is 11.3. The van der Waals surface area contributed by atoms with Crippen molar-refractivity contribution in [3.05, 3.63) is 41.3 Å². The predicted octanol–water partition coefficient (Wildman–Crippen LogP) is 2.37. The van der Waals surface area contributed by atoms with Crippen molar-refractivity contribution in [3.63, 3.8) is 0 Å². The summed E-state index contributed by atoms with van der Waals surface area (Å²) in [5, 5.41) is 4.81. The largest absolute Gasteiger partial charge is 0.341 e. The Bertz CT molecular complexity index is 1080. The third-order valence-electron chi connectivity index (χ3n) is 5.44. The van der Waals surface area contributed by atoms with Crippen LogP contribution in [-0.2, 0) is 24.3 Å². The Kier molecular flexibility index (Phi) is 4.79.